The fraction of sp³-hybridized carbons (Fsp3) is 0.350. The lowest BCUT2D eigenvalue weighted by Gasteiger charge is -2.34. The number of nitrogens with zero attached hydrogens (tertiary/aromatic N) is 3. The minimum Gasteiger partial charge on any atom is -1.00 e. The number of quaternary nitrogens is 1. The van der Waals surface area contributed by atoms with Crippen molar-refractivity contribution in [3.63, 3.8) is 0 Å². The molecule has 2 rings (SSSR count). The number of benzene rings is 2. The van der Waals surface area contributed by atoms with Gasteiger partial charge < -0.3 is 26.4 Å². The van der Waals surface area contributed by atoms with Gasteiger partial charge in [0.2, 0.25) is 0 Å². The highest BCUT2D eigenvalue weighted by Crippen LogP contribution is 2.19. The molecular weight excluding hydrogens is 410 g/mol. The Morgan fingerprint density at radius 3 is 2.07 bits per heavy atom. The second-order valence-electron chi connectivity index (χ2n) is 6.57. The summed E-state index contributed by atoms with van der Waals surface area (Å²) in [7, 11) is 2.18. The number of para-hydroxylation sites is 1. The predicted molar refractivity (Wildman–Crippen MR) is 103 cm³/mol. The third-order valence-electron chi connectivity index (χ3n) is 5.03. The second-order valence-corrected chi connectivity index (χ2v) is 6.57. The maximum Gasteiger partial charge on any atom is 0.269 e. The van der Waals surface area contributed by atoms with E-state index in [1.807, 2.05) is 30.3 Å². The molecule has 146 valence electrons. The summed E-state index contributed by atoms with van der Waals surface area (Å²) >= 11 is 0. The van der Waals surface area contributed by atoms with Crippen molar-refractivity contribution in [3.05, 3.63) is 70.3 Å². The molecule has 0 aliphatic heterocycles. The van der Waals surface area contributed by atoms with Crippen LogP contribution in [0.15, 0.2) is 54.6 Å². The van der Waals surface area contributed by atoms with Crippen LogP contribution in [0.3, 0.4) is 0 Å². The van der Waals surface area contributed by atoms with Gasteiger partial charge in [-0.25, -0.2) is 0 Å². The Hall–Kier alpha value is -2.25. The zero-order valence-corrected chi connectivity index (χ0v) is 17.6. The Morgan fingerprint density at radius 1 is 1.04 bits per heavy atom. The van der Waals surface area contributed by atoms with Crippen molar-refractivity contribution in [1.29, 1.82) is 0 Å². The van der Waals surface area contributed by atoms with E-state index in [9.17, 15) is 14.9 Å². The van der Waals surface area contributed by atoms with Gasteiger partial charge in [0, 0.05) is 23.4 Å². The number of non-ortho nitro benzene ring substituents is 1. The van der Waals surface area contributed by atoms with Gasteiger partial charge in [-0.1, -0.05) is 18.2 Å². The van der Waals surface area contributed by atoms with Crippen LogP contribution in [0, 0.1) is 10.1 Å². The molecule has 0 fully saturated rings. The van der Waals surface area contributed by atoms with Crippen molar-refractivity contribution in [2.24, 2.45) is 0 Å². The molecule has 0 atom stereocenters. The van der Waals surface area contributed by atoms with E-state index in [2.05, 4.69) is 20.9 Å². The van der Waals surface area contributed by atoms with Crippen molar-refractivity contribution in [1.82, 2.24) is 0 Å². The topological polar surface area (TPSA) is 63.5 Å². The van der Waals surface area contributed by atoms with Crippen LogP contribution in [0.5, 0.6) is 0 Å². The molecule has 0 bridgehead atoms. The monoisotopic (exact) mass is 435 g/mol. The highest BCUT2D eigenvalue weighted by Gasteiger charge is 2.23. The lowest BCUT2D eigenvalue weighted by Crippen LogP contribution is -3.00. The van der Waals surface area contributed by atoms with Crippen molar-refractivity contribution in [2.75, 3.05) is 38.1 Å². The minimum atomic E-state index is -0.464. The first-order valence-corrected chi connectivity index (χ1v) is 8.85. The molecule has 0 saturated carbocycles. The molecule has 0 saturated heterocycles. The number of halogens is 1. The smallest absolute Gasteiger partial charge is 0.269 e. The van der Waals surface area contributed by atoms with Crippen LogP contribution >= 0.6 is 0 Å². The molecule has 2 aromatic rings. The van der Waals surface area contributed by atoms with Gasteiger partial charge in [0.15, 0.2) is 0 Å². The lowest BCUT2D eigenvalue weighted by molar-refractivity contribution is -0.904. The number of rotatable bonds is 8. The molecule has 0 heterocycles. The van der Waals surface area contributed by atoms with Gasteiger partial charge in [-0.2, -0.15) is 0 Å². The number of amides is 1. The number of carbonyl (C=O) groups excluding carboxylic acids is 1. The first-order valence-electron chi connectivity index (χ1n) is 8.85. The average molecular weight is 436 g/mol. The number of hydrogen-bond donors (Lipinski definition) is 0. The fourth-order valence-electron chi connectivity index (χ4n) is 2.72. The van der Waals surface area contributed by atoms with Crippen molar-refractivity contribution in [3.8, 4) is 0 Å². The first kappa shape index (κ1) is 22.8. The summed E-state index contributed by atoms with van der Waals surface area (Å²) in [6.45, 7) is 7.69. The summed E-state index contributed by atoms with van der Waals surface area (Å²) in [6.07, 6.45) is 0. The number of likely N-dealkylation sites (N-methyl/N-ethyl adjacent to an activating group) is 1. The molecule has 2 aromatic carbocycles. The molecule has 0 aromatic heterocycles. The lowest BCUT2D eigenvalue weighted by atomic mass is 10.1. The van der Waals surface area contributed by atoms with Crippen LogP contribution in [0.2, 0.25) is 0 Å². The number of hydrogen-bond acceptors (Lipinski definition) is 3. The van der Waals surface area contributed by atoms with Gasteiger partial charge in [-0.05, 0) is 38.1 Å². The van der Waals surface area contributed by atoms with Gasteiger partial charge in [0.05, 0.1) is 38.2 Å². The van der Waals surface area contributed by atoms with E-state index in [4.69, 9.17) is 0 Å². The Morgan fingerprint density at radius 2 is 1.59 bits per heavy atom. The zero-order valence-electron chi connectivity index (χ0n) is 16.0. The van der Waals surface area contributed by atoms with Crippen molar-refractivity contribution in [2.45, 2.75) is 13.8 Å². The highest BCUT2D eigenvalue weighted by atomic mass is 79.9. The number of anilines is 1. The first-order chi connectivity index (χ1) is 12.4. The van der Waals surface area contributed by atoms with Crippen molar-refractivity contribution < 1.29 is 31.2 Å². The van der Waals surface area contributed by atoms with Crippen LogP contribution in [-0.2, 0) is 0 Å². The summed E-state index contributed by atoms with van der Waals surface area (Å²) in [5.74, 6) is -0.148. The Kier molecular flexibility index (Phi) is 8.59. The average Bonchev–Trinajstić information content (AvgIpc) is 2.68. The van der Waals surface area contributed by atoms with E-state index in [0.717, 1.165) is 29.8 Å². The van der Waals surface area contributed by atoms with Crippen LogP contribution in [-0.4, -0.2) is 48.5 Å². The number of nitro groups is 1. The quantitative estimate of drug-likeness (QED) is 0.348. The molecule has 0 unspecified atom stereocenters. The maximum absolute atomic E-state index is 13.1. The minimum absolute atomic E-state index is 0. The molecule has 27 heavy (non-hydrogen) atoms. The number of carbonyl (C=O) groups is 1. The van der Waals surface area contributed by atoms with E-state index in [0.29, 0.717) is 12.1 Å². The van der Waals surface area contributed by atoms with Gasteiger partial charge in [-0.15, -0.1) is 0 Å². The summed E-state index contributed by atoms with van der Waals surface area (Å²) in [5, 5.41) is 10.8. The molecule has 6 nitrogen and oxygen atoms in total. The van der Waals surface area contributed by atoms with Crippen LogP contribution in [0.25, 0.3) is 0 Å². The maximum atomic E-state index is 13.1. The third kappa shape index (κ3) is 5.87. The van der Waals surface area contributed by atoms with E-state index >= 15 is 0 Å². The van der Waals surface area contributed by atoms with E-state index in [1.165, 1.54) is 24.3 Å². The molecule has 0 N–H and O–H groups in total. The highest BCUT2D eigenvalue weighted by molar-refractivity contribution is 6.06. The van der Waals surface area contributed by atoms with E-state index in [-0.39, 0.29) is 28.6 Å². The van der Waals surface area contributed by atoms with Gasteiger partial charge in [0.25, 0.3) is 11.6 Å². The van der Waals surface area contributed by atoms with Gasteiger partial charge in [0.1, 0.15) is 0 Å². The predicted octanol–water partition coefficient (Wildman–Crippen LogP) is 0.732. The van der Waals surface area contributed by atoms with E-state index in [1.54, 1.807) is 4.90 Å². The van der Waals surface area contributed by atoms with Crippen LogP contribution < -0.4 is 21.9 Å². The molecule has 0 radical (unpaired) electrons. The Labute approximate surface area is 170 Å². The summed E-state index contributed by atoms with van der Waals surface area (Å²) in [5.41, 5.74) is 1.25. The van der Waals surface area contributed by atoms with Crippen molar-refractivity contribution >= 4 is 17.3 Å². The molecule has 0 spiro atoms. The van der Waals surface area contributed by atoms with E-state index < -0.39 is 4.92 Å². The SMILES string of the molecule is CC[N+](C)(CC)CCN(C(=O)c1ccc([N+](=O)[O-])cc1)c1ccccc1.[Br-]. The van der Waals surface area contributed by atoms with Crippen LogP contribution in [0.4, 0.5) is 11.4 Å². The number of nitro benzene ring substituents is 1. The normalized spacial score (nSPS) is 10.8. The van der Waals surface area contributed by atoms with Gasteiger partial charge >= 0.3 is 0 Å². The molecule has 1 amide bonds. The Balaban J connectivity index is 0.00000364. The summed E-state index contributed by atoms with van der Waals surface area (Å²) in [6, 6.07) is 15.3. The van der Waals surface area contributed by atoms with Crippen LogP contribution in [0.1, 0.15) is 24.2 Å². The second kappa shape index (κ2) is 10.2. The molecule has 7 heteroatoms. The van der Waals surface area contributed by atoms with Gasteiger partial charge in [-0.3, -0.25) is 14.9 Å². The third-order valence-corrected chi connectivity index (χ3v) is 5.03. The Bertz CT molecular complexity index is 747. The summed E-state index contributed by atoms with van der Waals surface area (Å²) in [4.78, 5) is 25.2. The zero-order chi connectivity index (χ0) is 19.2. The molecular formula is C20H26BrN3O3. The molecule has 0 aliphatic carbocycles. The fourth-order valence-corrected chi connectivity index (χ4v) is 2.72. The largest absolute Gasteiger partial charge is 1.00 e. The summed E-state index contributed by atoms with van der Waals surface area (Å²) < 4.78 is 0.872. The molecule has 0 aliphatic rings. The standard InChI is InChI=1S/C20H26N3O3.BrH/c1-4-23(3,5-2)16-15-21(18-9-7-6-8-10-18)20(24)17-11-13-19(14-12-17)22(25)26;/h6-14H,4-5,15-16H2,1-3H3;1H/q+1;/p-1.